The fourth-order valence-electron chi connectivity index (χ4n) is 3.21. The molecule has 4 rings (SSSR count). The van der Waals surface area contributed by atoms with Gasteiger partial charge in [0.25, 0.3) is 0 Å². The largest absolute Gasteiger partial charge is 0.495 e. The molecule has 1 radical (unpaired) electrons. The molecular formula is C23H23N4O. The third-order valence-corrected chi connectivity index (χ3v) is 4.77. The molecule has 0 aliphatic carbocycles. The zero-order chi connectivity index (χ0) is 19.7. The molecule has 0 aliphatic heterocycles. The molecule has 0 amide bonds. The molecule has 0 bridgehead atoms. The van der Waals surface area contributed by atoms with Crippen LogP contribution in [0.1, 0.15) is 26.3 Å². The number of hydrogen-bond donors (Lipinski definition) is 1. The molecule has 2 aromatic heterocycles. The van der Waals surface area contributed by atoms with Crippen molar-refractivity contribution in [3.05, 3.63) is 72.6 Å². The van der Waals surface area contributed by atoms with Gasteiger partial charge in [-0.25, -0.2) is 4.98 Å². The number of aromatic nitrogens is 3. The molecule has 5 nitrogen and oxygen atoms in total. The highest BCUT2D eigenvalue weighted by Gasteiger charge is 2.22. The van der Waals surface area contributed by atoms with Gasteiger partial charge in [-0.2, -0.15) is 5.10 Å². The quantitative estimate of drug-likeness (QED) is 0.512. The Morgan fingerprint density at radius 2 is 1.96 bits per heavy atom. The first-order chi connectivity index (χ1) is 13.5. The lowest BCUT2D eigenvalue weighted by molar-refractivity contribution is 0.415. The monoisotopic (exact) mass is 371 g/mol. The van der Waals surface area contributed by atoms with Crippen molar-refractivity contribution in [3.8, 4) is 5.75 Å². The van der Waals surface area contributed by atoms with E-state index >= 15 is 0 Å². The number of fused-ring (bicyclic) bond motifs is 1. The maximum atomic E-state index is 5.71. The van der Waals surface area contributed by atoms with E-state index in [1.165, 1.54) is 5.56 Å². The Morgan fingerprint density at radius 3 is 2.68 bits per heavy atom. The van der Waals surface area contributed by atoms with Gasteiger partial charge in [0.2, 0.25) is 0 Å². The number of H-pyrrole nitrogens is 1. The number of rotatable bonds is 4. The summed E-state index contributed by atoms with van der Waals surface area (Å²) >= 11 is 0. The maximum absolute atomic E-state index is 5.71. The number of ether oxygens (including phenoxy) is 1. The van der Waals surface area contributed by atoms with Gasteiger partial charge in [0.1, 0.15) is 11.6 Å². The normalized spacial score (nSPS) is 11.6. The van der Waals surface area contributed by atoms with Crippen LogP contribution in [-0.2, 0) is 5.41 Å². The Morgan fingerprint density at radius 1 is 1.11 bits per heavy atom. The minimum atomic E-state index is 0.00779. The minimum Gasteiger partial charge on any atom is -0.495 e. The molecule has 0 unspecified atom stereocenters. The van der Waals surface area contributed by atoms with Gasteiger partial charge in [0.05, 0.1) is 24.5 Å². The van der Waals surface area contributed by atoms with E-state index in [2.05, 4.69) is 71.2 Å². The van der Waals surface area contributed by atoms with Crippen molar-refractivity contribution < 1.29 is 4.74 Å². The van der Waals surface area contributed by atoms with E-state index < -0.39 is 0 Å². The topological polar surface area (TPSA) is 54.0 Å². The molecule has 1 N–H and O–H groups in total. The summed E-state index contributed by atoms with van der Waals surface area (Å²) in [6.45, 7) is 6.60. The van der Waals surface area contributed by atoms with Gasteiger partial charge in [-0.15, -0.1) is 0 Å². The van der Waals surface area contributed by atoms with Crippen molar-refractivity contribution in [1.82, 2.24) is 15.2 Å². The van der Waals surface area contributed by atoms with Gasteiger partial charge < -0.3 is 4.74 Å². The molecule has 141 valence electrons. The van der Waals surface area contributed by atoms with Gasteiger partial charge in [0, 0.05) is 23.3 Å². The van der Waals surface area contributed by atoms with Crippen molar-refractivity contribution >= 4 is 28.1 Å². The van der Waals surface area contributed by atoms with Gasteiger partial charge in [-0.05, 0) is 53.4 Å². The first-order valence-corrected chi connectivity index (χ1v) is 9.22. The third kappa shape index (κ3) is 3.31. The molecule has 28 heavy (non-hydrogen) atoms. The highest BCUT2D eigenvalue weighted by molar-refractivity contribution is 5.87. The van der Waals surface area contributed by atoms with Crippen molar-refractivity contribution in [2.75, 3.05) is 12.0 Å². The van der Waals surface area contributed by atoms with E-state index in [9.17, 15) is 0 Å². The average Bonchev–Trinajstić information content (AvgIpc) is 3.16. The van der Waals surface area contributed by atoms with Gasteiger partial charge >= 0.3 is 0 Å². The van der Waals surface area contributed by atoms with E-state index in [0.717, 1.165) is 28.0 Å². The molecule has 5 heteroatoms. The third-order valence-electron chi connectivity index (χ3n) is 4.77. The average molecular weight is 371 g/mol. The van der Waals surface area contributed by atoms with Crippen LogP contribution in [-0.4, -0.2) is 22.3 Å². The number of nitrogens with one attached hydrogen (secondary N) is 1. The van der Waals surface area contributed by atoms with E-state index in [0.29, 0.717) is 5.82 Å². The summed E-state index contributed by atoms with van der Waals surface area (Å²) in [7, 11) is 1.69. The van der Waals surface area contributed by atoms with E-state index in [-0.39, 0.29) is 5.41 Å². The summed E-state index contributed by atoms with van der Waals surface area (Å²) < 4.78 is 5.71. The molecule has 0 spiro atoms. The Kier molecular flexibility index (Phi) is 4.51. The summed E-state index contributed by atoms with van der Waals surface area (Å²) in [5, 5.41) is 8.24. The summed E-state index contributed by atoms with van der Waals surface area (Å²) in [6, 6.07) is 19.4. The second-order valence-corrected chi connectivity index (χ2v) is 7.72. The summed E-state index contributed by atoms with van der Waals surface area (Å²) in [4.78, 5) is 6.62. The predicted octanol–water partition coefficient (Wildman–Crippen LogP) is 5.53. The number of hydrogen-bond acceptors (Lipinski definition) is 4. The molecule has 4 aromatic rings. The number of benzene rings is 2. The Hall–Kier alpha value is -3.34. The second kappa shape index (κ2) is 7.00. The van der Waals surface area contributed by atoms with E-state index in [1.54, 1.807) is 13.3 Å². The van der Waals surface area contributed by atoms with Gasteiger partial charge in [-0.1, -0.05) is 26.8 Å². The SMILES string of the molecule is COc1ccc(C(C)(C)C)cc1N(c1ccc2cn[nH]c2c1)c1[c]cccn1. The van der Waals surface area contributed by atoms with Crippen LogP contribution in [0.2, 0.25) is 0 Å². The Bertz CT molecular complexity index is 1100. The molecular weight excluding hydrogens is 348 g/mol. The molecule has 0 saturated heterocycles. The lowest BCUT2D eigenvalue weighted by Crippen LogP contribution is -2.16. The summed E-state index contributed by atoms with van der Waals surface area (Å²) in [6.07, 6.45) is 3.59. The highest BCUT2D eigenvalue weighted by atomic mass is 16.5. The van der Waals surface area contributed by atoms with Crippen molar-refractivity contribution in [1.29, 1.82) is 0 Å². The predicted molar refractivity (Wildman–Crippen MR) is 113 cm³/mol. The summed E-state index contributed by atoms with van der Waals surface area (Å²) in [5.41, 5.74) is 4.06. The summed E-state index contributed by atoms with van der Waals surface area (Å²) in [5.74, 6) is 1.47. The van der Waals surface area contributed by atoms with Crippen LogP contribution in [0.15, 0.2) is 60.9 Å². The van der Waals surface area contributed by atoms with Crippen molar-refractivity contribution in [3.63, 3.8) is 0 Å². The minimum absolute atomic E-state index is 0.00779. The van der Waals surface area contributed by atoms with Crippen molar-refractivity contribution in [2.24, 2.45) is 0 Å². The van der Waals surface area contributed by atoms with E-state index in [1.807, 2.05) is 30.5 Å². The number of nitrogens with zero attached hydrogens (tertiary/aromatic N) is 3. The molecule has 2 heterocycles. The Labute approximate surface area is 165 Å². The molecule has 0 atom stereocenters. The number of anilines is 3. The number of pyridine rings is 1. The fourth-order valence-corrected chi connectivity index (χ4v) is 3.21. The van der Waals surface area contributed by atoms with Crippen molar-refractivity contribution in [2.45, 2.75) is 26.2 Å². The molecule has 0 saturated carbocycles. The maximum Gasteiger partial charge on any atom is 0.145 e. The lowest BCUT2D eigenvalue weighted by Gasteiger charge is -2.28. The smallest absolute Gasteiger partial charge is 0.145 e. The highest BCUT2D eigenvalue weighted by Crippen LogP contribution is 2.41. The number of aromatic amines is 1. The lowest BCUT2D eigenvalue weighted by atomic mass is 9.86. The van der Waals surface area contributed by atoms with Crippen LogP contribution in [0.25, 0.3) is 10.9 Å². The van der Waals surface area contributed by atoms with Crippen LogP contribution in [0.3, 0.4) is 0 Å². The van der Waals surface area contributed by atoms with Crippen LogP contribution in [0.5, 0.6) is 5.75 Å². The van der Waals surface area contributed by atoms with Gasteiger partial charge in [-0.3, -0.25) is 10.00 Å². The Balaban J connectivity index is 1.96. The standard InChI is InChI=1S/C23H23N4O/c1-23(2,3)17-9-11-21(28-4)20(13-17)27(22-7-5-6-12-24-22)18-10-8-16-15-25-26-19(16)14-18/h5-6,8-15H,1-4H3,(H,25,26). The first-order valence-electron chi connectivity index (χ1n) is 9.22. The van der Waals surface area contributed by atoms with Crippen LogP contribution < -0.4 is 9.64 Å². The number of methoxy groups -OCH3 is 1. The van der Waals surface area contributed by atoms with Gasteiger partial charge in [0.15, 0.2) is 0 Å². The second-order valence-electron chi connectivity index (χ2n) is 7.72. The van der Waals surface area contributed by atoms with Crippen LogP contribution >= 0.6 is 0 Å². The first kappa shape index (κ1) is 18.0. The zero-order valence-electron chi connectivity index (χ0n) is 16.5. The zero-order valence-corrected chi connectivity index (χ0v) is 16.5. The fraction of sp³-hybridized carbons (Fsp3) is 0.217. The van der Waals surface area contributed by atoms with Crippen LogP contribution in [0, 0.1) is 6.07 Å². The molecule has 0 fully saturated rings. The molecule has 0 aliphatic rings. The van der Waals surface area contributed by atoms with E-state index in [4.69, 9.17) is 4.74 Å². The molecule has 2 aromatic carbocycles. The van der Waals surface area contributed by atoms with Crippen LogP contribution in [0.4, 0.5) is 17.2 Å².